The summed E-state index contributed by atoms with van der Waals surface area (Å²) in [6.07, 6.45) is 3.30. The topological polar surface area (TPSA) is 50.4 Å². The van der Waals surface area contributed by atoms with Gasteiger partial charge in [-0.1, -0.05) is 18.2 Å². The Morgan fingerprint density at radius 1 is 1.33 bits per heavy atom. The Labute approximate surface area is 130 Å². The molecule has 2 N–H and O–H groups in total. The Morgan fingerprint density at radius 2 is 2.14 bits per heavy atom. The molecule has 2 aliphatic rings. The summed E-state index contributed by atoms with van der Waals surface area (Å²) in [4.78, 5) is 11.9. The minimum atomic E-state index is 0.0789. The van der Waals surface area contributed by atoms with E-state index in [1.54, 1.807) is 11.8 Å². The van der Waals surface area contributed by atoms with E-state index in [9.17, 15) is 4.79 Å². The van der Waals surface area contributed by atoms with Crippen molar-refractivity contribution in [2.75, 3.05) is 25.4 Å². The lowest BCUT2D eigenvalue weighted by Crippen LogP contribution is -2.36. The van der Waals surface area contributed by atoms with Crippen LogP contribution < -0.4 is 15.4 Å². The van der Waals surface area contributed by atoms with Gasteiger partial charge in [0.1, 0.15) is 11.9 Å². The van der Waals surface area contributed by atoms with Gasteiger partial charge in [-0.3, -0.25) is 4.79 Å². The van der Waals surface area contributed by atoms with E-state index in [1.807, 2.05) is 18.2 Å². The lowest BCUT2D eigenvalue weighted by Gasteiger charge is -2.21. The number of piperidine rings is 1. The first-order valence-corrected chi connectivity index (χ1v) is 8.70. The highest BCUT2D eigenvalue weighted by molar-refractivity contribution is 8.00. The zero-order valence-corrected chi connectivity index (χ0v) is 13.0. The first-order chi connectivity index (χ1) is 10.3. The van der Waals surface area contributed by atoms with Gasteiger partial charge in [-0.05, 0) is 37.6 Å². The second-order valence-corrected chi connectivity index (χ2v) is 6.90. The molecule has 1 atom stereocenters. The summed E-state index contributed by atoms with van der Waals surface area (Å²) in [6, 6.07) is 8.09. The number of carbonyl (C=O) groups excluding carboxylic acids is 1. The van der Waals surface area contributed by atoms with Crippen LogP contribution >= 0.6 is 11.8 Å². The summed E-state index contributed by atoms with van der Waals surface area (Å²) >= 11 is 1.78. The molecule has 2 aliphatic heterocycles. The molecule has 1 amide bonds. The molecule has 1 aromatic rings. The van der Waals surface area contributed by atoms with Crippen molar-refractivity contribution in [1.29, 1.82) is 0 Å². The molecule has 0 aromatic heterocycles. The fourth-order valence-electron chi connectivity index (χ4n) is 2.80. The third kappa shape index (κ3) is 4.14. The Kier molecular flexibility index (Phi) is 5.04. The number of hydrogen-bond donors (Lipinski definition) is 2. The van der Waals surface area contributed by atoms with Crippen LogP contribution in [0.25, 0.3) is 0 Å². The summed E-state index contributed by atoms with van der Waals surface area (Å²) in [5, 5.41) is 6.97. The van der Waals surface area contributed by atoms with Gasteiger partial charge in [0, 0.05) is 11.7 Å². The Balaban J connectivity index is 1.35. The normalized spacial score (nSPS) is 21.6. The van der Waals surface area contributed by atoms with Gasteiger partial charge in [-0.25, -0.2) is 0 Å². The maximum atomic E-state index is 11.9. The largest absolute Gasteiger partial charge is 0.488 e. The first-order valence-electron chi connectivity index (χ1n) is 7.65. The maximum absolute atomic E-state index is 11.9. The van der Waals surface area contributed by atoms with Crippen LogP contribution in [0, 0.1) is 0 Å². The smallest absolute Gasteiger partial charge is 0.230 e. The minimum Gasteiger partial charge on any atom is -0.488 e. The molecule has 1 fully saturated rings. The summed E-state index contributed by atoms with van der Waals surface area (Å²) in [5.74, 6) is 1.64. The molecular formula is C16H22N2O2S. The predicted molar refractivity (Wildman–Crippen MR) is 85.9 cm³/mol. The van der Waals surface area contributed by atoms with Gasteiger partial charge in [0.15, 0.2) is 0 Å². The van der Waals surface area contributed by atoms with Gasteiger partial charge in [0.2, 0.25) is 5.91 Å². The highest BCUT2D eigenvalue weighted by Crippen LogP contribution is 2.27. The van der Waals surface area contributed by atoms with Crippen LogP contribution in [0.2, 0.25) is 0 Å². The van der Waals surface area contributed by atoms with Crippen LogP contribution in [-0.4, -0.2) is 42.6 Å². The van der Waals surface area contributed by atoms with E-state index in [1.165, 1.54) is 18.4 Å². The summed E-state index contributed by atoms with van der Waals surface area (Å²) in [5.41, 5.74) is 1.24. The second kappa shape index (κ2) is 7.18. The molecule has 0 radical (unpaired) electrons. The Morgan fingerprint density at radius 3 is 2.95 bits per heavy atom. The second-order valence-electron chi connectivity index (χ2n) is 5.62. The number of amides is 1. The van der Waals surface area contributed by atoms with E-state index in [-0.39, 0.29) is 12.0 Å². The van der Waals surface area contributed by atoms with Gasteiger partial charge in [-0.2, -0.15) is 0 Å². The number of fused-ring (bicyclic) bond motifs is 1. The van der Waals surface area contributed by atoms with Crippen molar-refractivity contribution in [3.63, 3.8) is 0 Å². The SMILES string of the molecule is O=C(CSC1CCNCC1)NCC1Cc2ccccc2O1. The van der Waals surface area contributed by atoms with Crippen molar-refractivity contribution in [3.8, 4) is 5.75 Å². The van der Waals surface area contributed by atoms with Gasteiger partial charge in [-0.15, -0.1) is 11.8 Å². The van der Waals surface area contributed by atoms with Crippen molar-refractivity contribution in [2.24, 2.45) is 0 Å². The van der Waals surface area contributed by atoms with E-state index in [0.29, 0.717) is 17.5 Å². The van der Waals surface area contributed by atoms with Crippen LogP contribution in [0.5, 0.6) is 5.75 Å². The van der Waals surface area contributed by atoms with Gasteiger partial charge < -0.3 is 15.4 Å². The fourth-order valence-corrected chi connectivity index (χ4v) is 3.86. The van der Waals surface area contributed by atoms with Crippen molar-refractivity contribution >= 4 is 17.7 Å². The van der Waals surface area contributed by atoms with Gasteiger partial charge in [0.25, 0.3) is 0 Å². The zero-order valence-electron chi connectivity index (χ0n) is 12.1. The molecule has 2 heterocycles. The number of carbonyl (C=O) groups is 1. The number of rotatable bonds is 5. The van der Waals surface area contributed by atoms with Crippen molar-refractivity contribution < 1.29 is 9.53 Å². The maximum Gasteiger partial charge on any atom is 0.230 e. The zero-order chi connectivity index (χ0) is 14.5. The first kappa shape index (κ1) is 14.7. The van der Waals surface area contributed by atoms with E-state index in [0.717, 1.165) is 25.3 Å². The molecule has 0 bridgehead atoms. The summed E-state index contributed by atoms with van der Waals surface area (Å²) in [7, 11) is 0. The Hall–Kier alpha value is -1.20. The van der Waals surface area contributed by atoms with Crippen LogP contribution in [0.1, 0.15) is 18.4 Å². The summed E-state index contributed by atoms with van der Waals surface area (Å²) in [6.45, 7) is 2.75. The molecule has 21 heavy (non-hydrogen) atoms. The summed E-state index contributed by atoms with van der Waals surface area (Å²) < 4.78 is 5.82. The number of nitrogens with one attached hydrogen (secondary N) is 2. The predicted octanol–water partition coefficient (Wildman–Crippen LogP) is 1.59. The third-order valence-electron chi connectivity index (χ3n) is 3.98. The standard InChI is InChI=1S/C16H22N2O2S/c19-16(11-21-14-5-7-17-8-6-14)18-10-13-9-12-3-1-2-4-15(12)20-13/h1-4,13-14,17H,5-11H2,(H,18,19). The van der Waals surface area contributed by atoms with E-state index < -0.39 is 0 Å². The monoisotopic (exact) mass is 306 g/mol. The van der Waals surface area contributed by atoms with Crippen LogP contribution in [0.15, 0.2) is 24.3 Å². The molecule has 3 rings (SSSR count). The molecule has 0 saturated carbocycles. The Bertz CT molecular complexity index is 464. The number of benzene rings is 1. The van der Waals surface area contributed by atoms with Crippen LogP contribution in [-0.2, 0) is 11.2 Å². The molecule has 1 unspecified atom stereocenters. The van der Waals surface area contributed by atoms with Gasteiger partial charge in [0.05, 0.1) is 12.3 Å². The van der Waals surface area contributed by atoms with Crippen molar-refractivity contribution in [2.45, 2.75) is 30.6 Å². The number of thioether (sulfide) groups is 1. The molecule has 1 aromatic carbocycles. The fraction of sp³-hybridized carbons (Fsp3) is 0.562. The molecule has 0 aliphatic carbocycles. The molecule has 4 nitrogen and oxygen atoms in total. The highest BCUT2D eigenvalue weighted by atomic mass is 32.2. The number of ether oxygens (including phenoxy) is 1. The van der Waals surface area contributed by atoms with Crippen LogP contribution in [0.3, 0.4) is 0 Å². The van der Waals surface area contributed by atoms with Crippen LogP contribution in [0.4, 0.5) is 0 Å². The average Bonchev–Trinajstić information content (AvgIpc) is 2.95. The molecule has 5 heteroatoms. The van der Waals surface area contributed by atoms with E-state index in [2.05, 4.69) is 16.7 Å². The number of para-hydroxylation sites is 1. The quantitative estimate of drug-likeness (QED) is 0.867. The average molecular weight is 306 g/mol. The molecular weight excluding hydrogens is 284 g/mol. The molecule has 0 spiro atoms. The third-order valence-corrected chi connectivity index (χ3v) is 5.35. The van der Waals surface area contributed by atoms with Gasteiger partial charge >= 0.3 is 0 Å². The minimum absolute atomic E-state index is 0.0789. The van der Waals surface area contributed by atoms with Crippen molar-refractivity contribution in [1.82, 2.24) is 10.6 Å². The lowest BCUT2D eigenvalue weighted by atomic mass is 10.1. The van der Waals surface area contributed by atoms with E-state index >= 15 is 0 Å². The molecule has 1 saturated heterocycles. The molecule has 114 valence electrons. The van der Waals surface area contributed by atoms with Crippen molar-refractivity contribution in [3.05, 3.63) is 29.8 Å². The highest BCUT2D eigenvalue weighted by Gasteiger charge is 2.22. The van der Waals surface area contributed by atoms with E-state index in [4.69, 9.17) is 4.74 Å². The number of hydrogen-bond acceptors (Lipinski definition) is 4. The lowest BCUT2D eigenvalue weighted by molar-refractivity contribution is -0.118.